The average molecular weight is 397 g/mol. The molecule has 0 aliphatic heterocycles. The lowest BCUT2D eigenvalue weighted by Crippen LogP contribution is -2.35. The van der Waals surface area contributed by atoms with Gasteiger partial charge in [0.25, 0.3) is 11.5 Å². The minimum absolute atomic E-state index is 0.0383. The van der Waals surface area contributed by atoms with Gasteiger partial charge in [-0.25, -0.2) is 4.98 Å². The minimum atomic E-state index is -0.375. The number of pyridine rings is 2. The van der Waals surface area contributed by atoms with Gasteiger partial charge in [-0.1, -0.05) is 6.07 Å². The predicted molar refractivity (Wildman–Crippen MR) is 111 cm³/mol. The number of fused-ring (bicyclic) bond motifs is 2. The van der Waals surface area contributed by atoms with E-state index in [0.717, 1.165) is 5.56 Å². The van der Waals surface area contributed by atoms with Gasteiger partial charge in [0.1, 0.15) is 16.8 Å². The summed E-state index contributed by atoms with van der Waals surface area (Å²) in [6.07, 6.45) is 2.48. The van der Waals surface area contributed by atoms with Crippen LogP contribution >= 0.6 is 0 Å². The number of hydrogen-bond donors (Lipinski definition) is 2. The van der Waals surface area contributed by atoms with Crippen LogP contribution in [-0.2, 0) is 11.3 Å². The molecule has 0 aromatic carbocycles. The molecule has 0 aliphatic carbocycles. The van der Waals surface area contributed by atoms with E-state index in [1.165, 1.54) is 10.5 Å². The van der Waals surface area contributed by atoms with E-state index in [9.17, 15) is 9.59 Å². The summed E-state index contributed by atoms with van der Waals surface area (Å²) in [7, 11) is 0. The third kappa shape index (κ3) is 4.22. The standard InChI is InChI=1S/C21H27N5O3/c1-5-23-20(27)15-11-16-19(25(18(15)22)9-6-10-29-13(2)3)24-17-8-7-14(4)12-26(17)21(16)28/h7-8,11-13,22H,5-6,9-10H2,1-4H3,(H,23,27). The second-order valence-electron chi connectivity index (χ2n) is 7.28. The molecule has 3 aromatic heterocycles. The van der Waals surface area contributed by atoms with Crippen molar-refractivity contribution in [1.29, 1.82) is 5.41 Å². The molecule has 1 amide bonds. The quantitative estimate of drug-likeness (QED) is 0.470. The molecule has 0 saturated carbocycles. The van der Waals surface area contributed by atoms with Crippen molar-refractivity contribution >= 4 is 22.6 Å². The van der Waals surface area contributed by atoms with Gasteiger partial charge in [-0.05, 0) is 51.8 Å². The first kappa shape index (κ1) is 20.7. The van der Waals surface area contributed by atoms with Crippen LogP contribution in [0.5, 0.6) is 0 Å². The minimum Gasteiger partial charge on any atom is -0.379 e. The fourth-order valence-corrected chi connectivity index (χ4v) is 3.23. The van der Waals surface area contributed by atoms with Crippen molar-refractivity contribution in [3.8, 4) is 0 Å². The Bertz CT molecular complexity index is 1180. The number of hydrogen-bond acceptors (Lipinski definition) is 5. The second-order valence-corrected chi connectivity index (χ2v) is 7.28. The Labute approximate surface area is 168 Å². The Hall–Kier alpha value is -3.00. The summed E-state index contributed by atoms with van der Waals surface area (Å²) in [5.41, 5.74) is 1.78. The molecule has 0 saturated heterocycles. The third-order valence-corrected chi connectivity index (χ3v) is 4.61. The van der Waals surface area contributed by atoms with E-state index in [4.69, 9.17) is 10.1 Å². The molecule has 0 radical (unpaired) electrons. The summed E-state index contributed by atoms with van der Waals surface area (Å²) in [6.45, 7) is 9.01. The number of amides is 1. The molecule has 8 nitrogen and oxygen atoms in total. The van der Waals surface area contributed by atoms with Crippen molar-refractivity contribution in [3.63, 3.8) is 0 Å². The zero-order valence-electron chi connectivity index (χ0n) is 17.3. The molecule has 3 heterocycles. The lowest BCUT2D eigenvalue weighted by atomic mass is 10.2. The molecule has 0 fully saturated rings. The highest BCUT2D eigenvalue weighted by Gasteiger charge is 2.17. The van der Waals surface area contributed by atoms with Crippen molar-refractivity contribution in [3.05, 3.63) is 51.4 Å². The van der Waals surface area contributed by atoms with Gasteiger partial charge in [0.2, 0.25) is 0 Å². The molecular formula is C21H27N5O3. The van der Waals surface area contributed by atoms with E-state index in [1.54, 1.807) is 16.8 Å². The number of aryl methyl sites for hydroxylation is 2. The van der Waals surface area contributed by atoms with E-state index >= 15 is 0 Å². The molecule has 3 rings (SSSR count). The lowest BCUT2D eigenvalue weighted by molar-refractivity contribution is 0.0748. The highest BCUT2D eigenvalue weighted by molar-refractivity contribution is 5.96. The Morgan fingerprint density at radius 2 is 2.10 bits per heavy atom. The zero-order chi connectivity index (χ0) is 21.1. The van der Waals surface area contributed by atoms with Crippen molar-refractivity contribution in [2.75, 3.05) is 13.2 Å². The monoisotopic (exact) mass is 397 g/mol. The van der Waals surface area contributed by atoms with Gasteiger partial charge in [-0.3, -0.25) is 19.4 Å². The summed E-state index contributed by atoms with van der Waals surface area (Å²) in [4.78, 5) is 30.3. The second kappa shape index (κ2) is 8.57. The fraction of sp³-hybridized carbons (Fsp3) is 0.429. The van der Waals surface area contributed by atoms with E-state index < -0.39 is 0 Å². The van der Waals surface area contributed by atoms with Gasteiger partial charge in [0.05, 0.1) is 17.1 Å². The number of nitrogens with one attached hydrogen (secondary N) is 2. The van der Waals surface area contributed by atoms with E-state index in [2.05, 4.69) is 10.3 Å². The summed E-state index contributed by atoms with van der Waals surface area (Å²) in [5, 5.41) is 11.6. The van der Waals surface area contributed by atoms with Crippen LogP contribution in [0.4, 0.5) is 0 Å². The third-order valence-electron chi connectivity index (χ3n) is 4.61. The molecule has 2 N–H and O–H groups in total. The first-order valence-corrected chi connectivity index (χ1v) is 9.84. The summed E-state index contributed by atoms with van der Waals surface area (Å²) >= 11 is 0. The first-order valence-electron chi connectivity index (χ1n) is 9.84. The summed E-state index contributed by atoms with van der Waals surface area (Å²) in [5.74, 6) is -0.375. The molecule has 0 spiro atoms. The van der Waals surface area contributed by atoms with Crippen molar-refractivity contribution < 1.29 is 9.53 Å². The topological polar surface area (TPSA) is 101 Å². The number of carbonyl (C=O) groups is 1. The highest BCUT2D eigenvalue weighted by atomic mass is 16.5. The van der Waals surface area contributed by atoms with Crippen LogP contribution < -0.4 is 16.4 Å². The summed E-state index contributed by atoms with van der Waals surface area (Å²) in [6, 6.07) is 5.15. The largest absolute Gasteiger partial charge is 0.379 e. The predicted octanol–water partition coefficient (Wildman–Crippen LogP) is 2.00. The molecule has 29 heavy (non-hydrogen) atoms. The molecule has 3 aromatic rings. The van der Waals surface area contributed by atoms with Crippen LogP contribution in [-0.4, -0.2) is 39.1 Å². The number of nitrogens with zero attached hydrogens (tertiary/aromatic N) is 3. The van der Waals surface area contributed by atoms with Gasteiger partial charge in [-0.2, -0.15) is 0 Å². The molecule has 154 valence electrons. The highest BCUT2D eigenvalue weighted by Crippen LogP contribution is 2.12. The Morgan fingerprint density at radius 3 is 2.79 bits per heavy atom. The number of rotatable bonds is 7. The molecule has 0 atom stereocenters. The maximum absolute atomic E-state index is 13.1. The van der Waals surface area contributed by atoms with Crippen molar-refractivity contribution in [2.24, 2.45) is 0 Å². The fourth-order valence-electron chi connectivity index (χ4n) is 3.23. The number of carbonyl (C=O) groups excluding carboxylic acids is 1. The van der Waals surface area contributed by atoms with Gasteiger partial charge < -0.3 is 14.6 Å². The molecule has 8 heteroatoms. The summed E-state index contributed by atoms with van der Waals surface area (Å²) < 4.78 is 8.71. The Balaban J connectivity index is 2.23. The van der Waals surface area contributed by atoms with Crippen LogP contribution in [0.25, 0.3) is 16.7 Å². The van der Waals surface area contributed by atoms with E-state index in [1.807, 2.05) is 33.8 Å². The van der Waals surface area contributed by atoms with Crippen LogP contribution in [0.2, 0.25) is 0 Å². The number of ether oxygens (including phenoxy) is 1. The van der Waals surface area contributed by atoms with Crippen LogP contribution in [0.3, 0.4) is 0 Å². The molecular weight excluding hydrogens is 370 g/mol. The van der Waals surface area contributed by atoms with Crippen LogP contribution in [0, 0.1) is 12.3 Å². The smallest absolute Gasteiger partial charge is 0.267 e. The van der Waals surface area contributed by atoms with Gasteiger partial charge in [-0.15, -0.1) is 0 Å². The Morgan fingerprint density at radius 1 is 1.34 bits per heavy atom. The average Bonchev–Trinajstić information content (AvgIpc) is 2.67. The van der Waals surface area contributed by atoms with Crippen molar-refractivity contribution in [1.82, 2.24) is 19.3 Å². The van der Waals surface area contributed by atoms with Gasteiger partial charge >= 0.3 is 0 Å². The molecule has 0 unspecified atom stereocenters. The zero-order valence-corrected chi connectivity index (χ0v) is 17.3. The SMILES string of the molecule is CCNC(=O)c1cc2c(=O)n3cc(C)ccc3nc2n(CCCOC(C)C)c1=N. The first-order chi connectivity index (χ1) is 13.8. The van der Waals surface area contributed by atoms with Crippen LogP contribution in [0.15, 0.2) is 29.2 Å². The maximum atomic E-state index is 13.1. The van der Waals surface area contributed by atoms with E-state index in [0.29, 0.717) is 42.8 Å². The van der Waals surface area contributed by atoms with E-state index in [-0.39, 0.29) is 28.6 Å². The van der Waals surface area contributed by atoms with Crippen LogP contribution in [0.1, 0.15) is 43.1 Å². The normalized spacial score (nSPS) is 11.5. The van der Waals surface area contributed by atoms with Gasteiger partial charge in [0, 0.05) is 25.9 Å². The van der Waals surface area contributed by atoms with Crippen molar-refractivity contribution in [2.45, 2.75) is 46.8 Å². The van der Waals surface area contributed by atoms with Gasteiger partial charge in [0.15, 0.2) is 0 Å². The lowest BCUT2D eigenvalue weighted by Gasteiger charge is -2.15. The molecule has 0 aliphatic rings. The Kier molecular flexibility index (Phi) is 6.12. The maximum Gasteiger partial charge on any atom is 0.267 e. The number of aromatic nitrogens is 3. The molecule has 0 bridgehead atoms.